The molecule has 0 unspecified atom stereocenters. The molecule has 1 aromatic carbocycles. The van der Waals surface area contributed by atoms with Crippen molar-refractivity contribution in [2.45, 2.75) is 45.4 Å². The first-order chi connectivity index (χ1) is 9.69. The van der Waals surface area contributed by atoms with E-state index in [1.807, 2.05) is 6.07 Å². The van der Waals surface area contributed by atoms with Gasteiger partial charge in [-0.1, -0.05) is 31.7 Å². The number of nitrogens with two attached hydrogens (primary N) is 1. The molecular weight excluding hydrogens is 251 g/mol. The molecule has 0 heterocycles. The summed E-state index contributed by atoms with van der Waals surface area (Å²) >= 11 is 0. The van der Waals surface area contributed by atoms with Crippen molar-refractivity contribution < 1.29 is 4.39 Å². The molecule has 1 fully saturated rings. The van der Waals surface area contributed by atoms with Crippen molar-refractivity contribution in [3.05, 3.63) is 30.1 Å². The maximum absolute atomic E-state index is 13.4. The third kappa shape index (κ3) is 3.72. The van der Waals surface area contributed by atoms with Gasteiger partial charge in [0.15, 0.2) is 0 Å². The molecule has 2 N–H and O–H groups in total. The lowest BCUT2D eigenvalue weighted by molar-refractivity contribution is 0.259. The highest BCUT2D eigenvalue weighted by molar-refractivity contribution is 5.46. The van der Waals surface area contributed by atoms with Crippen molar-refractivity contribution in [2.24, 2.45) is 11.1 Å². The Kier molecular flexibility index (Phi) is 5.41. The van der Waals surface area contributed by atoms with Crippen LogP contribution in [0.15, 0.2) is 24.3 Å². The Hall–Kier alpha value is -1.09. The minimum absolute atomic E-state index is 0.163. The molecule has 1 saturated carbocycles. The summed E-state index contributed by atoms with van der Waals surface area (Å²) < 4.78 is 13.4. The second-order valence-electron chi connectivity index (χ2n) is 6.11. The number of rotatable bonds is 5. The van der Waals surface area contributed by atoms with Crippen LogP contribution in [-0.4, -0.2) is 19.6 Å². The molecule has 0 bridgehead atoms. The minimum atomic E-state index is -0.163. The zero-order valence-electron chi connectivity index (χ0n) is 12.6. The zero-order chi connectivity index (χ0) is 14.4. The van der Waals surface area contributed by atoms with Gasteiger partial charge < -0.3 is 10.6 Å². The van der Waals surface area contributed by atoms with Crippen molar-refractivity contribution in [1.29, 1.82) is 0 Å². The van der Waals surface area contributed by atoms with E-state index >= 15 is 0 Å². The summed E-state index contributed by atoms with van der Waals surface area (Å²) in [4.78, 5) is 2.28. The summed E-state index contributed by atoms with van der Waals surface area (Å²) in [5, 5.41) is 0. The molecule has 1 aliphatic rings. The molecule has 1 aliphatic carbocycles. The standard InChI is InChI=1S/C17H27FN2/c1-2-20(16-9-7-8-15(18)12-16)14-17(13-19)10-5-3-4-6-11-17/h7-9,12H,2-6,10-11,13-14,19H2,1H3. The Labute approximate surface area is 122 Å². The lowest BCUT2D eigenvalue weighted by Gasteiger charge is -2.38. The van der Waals surface area contributed by atoms with Gasteiger partial charge in [-0.25, -0.2) is 4.39 Å². The van der Waals surface area contributed by atoms with Gasteiger partial charge in [-0.3, -0.25) is 0 Å². The van der Waals surface area contributed by atoms with Crippen LogP contribution >= 0.6 is 0 Å². The maximum Gasteiger partial charge on any atom is 0.125 e. The minimum Gasteiger partial charge on any atom is -0.371 e. The molecule has 3 heteroatoms. The van der Waals surface area contributed by atoms with Crippen LogP contribution in [0.2, 0.25) is 0 Å². The number of anilines is 1. The van der Waals surface area contributed by atoms with Crippen molar-refractivity contribution in [1.82, 2.24) is 0 Å². The number of hydrogen-bond donors (Lipinski definition) is 1. The quantitative estimate of drug-likeness (QED) is 0.826. The van der Waals surface area contributed by atoms with E-state index in [1.165, 1.54) is 44.6 Å². The van der Waals surface area contributed by atoms with Gasteiger partial charge in [0.25, 0.3) is 0 Å². The van der Waals surface area contributed by atoms with Crippen LogP contribution < -0.4 is 10.6 Å². The lowest BCUT2D eigenvalue weighted by Crippen LogP contribution is -2.42. The zero-order valence-corrected chi connectivity index (χ0v) is 12.6. The van der Waals surface area contributed by atoms with Crippen molar-refractivity contribution >= 4 is 5.69 Å². The van der Waals surface area contributed by atoms with Gasteiger partial charge in [-0.15, -0.1) is 0 Å². The van der Waals surface area contributed by atoms with E-state index in [0.29, 0.717) is 0 Å². The first kappa shape index (κ1) is 15.3. The second-order valence-corrected chi connectivity index (χ2v) is 6.11. The van der Waals surface area contributed by atoms with Gasteiger partial charge in [0.2, 0.25) is 0 Å². The van der Waals surface area contributed by atoms with E-state index < -0.39 is 0 Å². The Morgan fingerprint density at radius 2 is 1.90 bits per heavy atom. The highest BCUT2D eigenvalue weighted by Crippen LogP contribution is 2.36. The Morgan fingerprint density at radius 1 is 1.20 bits per heavy atom. The Balaban J connectivity index is 2.14. The molecule has 0 amide bonds. The Morgan fingerprint density at radius 3 is 2.45 bits per heavy atom. The summed E-state index contributed by atoms with van der Waals surface area (Å²) in [6.45, 7) is 4.71. The van der Waals surface area contributed by atoms with Crippen LogP contribution in [0.5, 0.6) is 0 Å². The van der Waals surface area contributed by atoms with Gasteiger partial charge in [-0.05, 0) is 44.5 Å². The monoisotopic (exact) mass is 278 g/mol. The van der Waals surface area contributed by atoms with Crippen molar-refractivity contribution in [3.63, 3.8) is 0 Å². The predicted octanol–water partition coefficient (Wildman–Crippen LogP) is 3.95. The van der Waals surface area contributed by atoms with Gasteiger partial charge in [0.1, 0.15) is 5.82 Å². The number of halogens is 1. The fourth-order valence-corrected chi connectivity index (χ4v) is 3.37. The van der Waals surface area contributed by atoms with Crippen molar-refractivity contribution in [3.8, 4) is 0 Å². The third-order valence-electron chi connectivity index (χ3n) is 4.68. The first-order valence-electron chi connectivity index (χ1n) is 7.90. The Bertz CT molecular complexity index is 411. The van der Waals surface area contributed by atoms with E-state index in [9.17, 15) is 4.39 Å². The molecule has 0 aromatic heterocycles. The first-order valence-corrected chi connectivity index (χ1v) is 7.90. The molecule has 0 spiro atoms. The smallest absolute Gasteiger partial charge is 0.125 e. The highest BCUT2D eigenvalue weighted by atomic mass is 19.1. The topological polar surface area (TPSA) is 29.3 Å². The van der Waals surface area contributed by atoms with Gasteiger partial charge in [0, 0.05) is 24.2 Å². The summed E-state index contributed by atoms with van der Waals surface area (Å²) in [6, 6.07) is 6.91. The molecule has 0 atom stereocenters. The number of benzene rings is 1. The fourth-order valence-electron chi connectivity index (χ4n) is 3.37. The van der Waals surface area contributed by atoms with E-state index in [0.717, 1.165) is 25.3 Å². The van der Waals surface area contributed by atoms with E-state index in [4.69, 9.17) is 5.73 Å². The molecule has 20 heavy (non-hydrogen) atoms. The van der Waals surface area contributed by atoms with Crippen LogP contribution in [0, 0.1) is 11.2 Å². The third-order valence-corrected chi connectivity index (χ3v) is 4.68. The number of nitrogens with zero attached hydrogens (tertiary/aromatic N) is 1. The van der Waals surface area contributed by atoms with Crippen LogP contribution in [0.25, 0.3) is 0 Å². The lowest BCUT2D eigenvalue weighted by atomic mass is 9.79. The normalized spacial score (nSPS) is 18.6. The largest absolute Gasteiger partial charge is 0.371 e. The fraction of sp³-hybridized carbons (Fsp3) is 0.647. The summed E-state index contributed by atoms with van der Waals surface area (Å²) in [5.41, 5.74) is 7.30. The van der Waals surface area contributed by atoms with Gasteiger partial charge >= 0.3 is 0 Å². The summed E-state index contributed by atoms with van der Waals surface area (Å²) in [5.74, 6) is -0.163. The summed E-state index contributed by atoms with van der Waals surface area (Å²) in [7, 11) is 0. The van der Waals surface area contributed by atoms with Crippen LogP contribution in [0.3, 0.4) is 0 Å². The number of hydrogen-bond acceptors (Lipinski definition) is 2. The van der Waals surface area contributed by atoms with Crippen LogP contribution in [-0.2, 0) is 0 Å². The van der Waals surface area contributed by atoms with E-state index in [1.54, 1.807) is 12.1 Å². The van der Waals surface area contributed by atoms with Crippen molar-refractivity contribution in [2.75, 3.05) is 24.5 Å². The molecule has 112 valence electrons. The maximum atomic E-state index is 13.4. The SMILES string of the molecule is CCN(CC1(CN)CCCCCC1)c1cccc(F)c1. The molecule has 0 radical (unpaired) electrons. The molecule has 2 rings (SSSR count). The predicted molar refractivity (Wildman–Crippen MR) is 83.5 cm³/mol. The van der Waals surface area contributed by atoms with Gasteiger partial charge in [0.05, 0.1) is 0 Å². The summed E-state index contributed by atoms with van der Waals surface area (Å²) in [6.07, 6.45) is 7.61. The highest BCUT2D eigenvalue weighted by Gasteiger charge is 2.31. The van der Waals surface area contributed by atoms with Gasteiger partial charge in [-0.2, -0.15) is 0 Å². The average molecular weight is 278 g/mol. The molecule has 0 saturated heterocycles. The molecule has 2 nitrogen and oxygen atoms in total. The van der Waals surface area contributed by atoms with Crippen LogP contribution in [0.4, 0.5) is 10.1 Å². The van der Waals surface area contributed by atoms with E-state index in [2.05, 4.69) is 11.8 Å². The molecule has 1 aromatic rings. The van der Waals surface area contributed by atoms with Crippen LogP contribution in [0.1, 0.15) is 45.4 Å². The molecule has 0 aliphatic heterocycles. The molecular formula is C17H27FN2. The second kappa shape index (κ2) is 7.07. The van der Waals surface area contributed by atoms with E-state index in [-0.39, 0.29) is 11.2 Å². The average Bonchev–Trinajstić information content (AvgIpc) is 2.71.